The molecule has 0 aliphatic heterocycles. The van der Waals surface area contributed by atoms with E-state index in [1.54, 1.807) is 35.1 Å². The van der Waals surface area contributed by atoms with Crippen LogP contribution in [0.5, 0.6) is 0 Å². The van der Waals surface area contributed by atoms with E-state index in [0.29, 0.717) is 23.4 Å². The minimum Gasteiger partial charge on any atom is -0.348 e. The highest BCUT2D eigenvalue weighted by Gasteiger charge is 2.22. The van der Waals surface area contributed by atoms with Gasteiger partial charge in [-0.15, -0.1) is 0 Å². The zero-order chi connectivity index (χ0) is 25.0. The van der Waals surface area contributed by atoms with Crippen LogP contribution in [0.15, 0.2) is 90.0 Å². The summed E-state index contributed by atoms with van der Waals surface area (Å²) in [6.07, 6.45) is 1.74. The van der Waals surface area contributed by atoms with Crippen LogP contribution in [0.25, 0.3) is 11.3 Å². The lowest BCUT2D eigenvalue weighted by atomic mass is 10.1. The van der Waals surface area contributed by atoms with Crippen molar-refractivity contribution in [1.82, 2.24) is 19.4 Å². The van der Waals surface area contributed by atoms with Gasteiger partial charge >= 0.3 is 0 Å². The molecule has 1 N–H and O–H groups in total. The number of hydrogen-bond donors (Lipinski definition) is 1. The highest BCUT2D eigenvalue weighted by molar-refractivity contribution is 7.89. The van der Waals surface area contributed by atoms with Crippen molar-refractivity contribution in [3.63, 3.8) is 0 Å². The van der Waals surface area contributed by atoms with Gasteiger partial charge in [-0.25, -0.2) is 12.7 Å². The molecule has 0 spiro atoms. The van der Waals surface area contributed by atoms with E-state index in [1.807, 2.05) is 61.5 Å². The summed E-state index contributed by atoms with van der Waals surface area (Å²) < 4.78 is 28.3. The zero-order valence-corrected chi connectivity index (χ0v) is 20.8. The topological polar surface area (TPSA) is 84.3 Å². The number of benzene rings is 3. The molecular formula is C27H28N4O3S. The molecule has 0 aliphatic rings. The third-order valence-electron chi connectivity index (χ3n) is 5.69. The Bertz CT molecular complexity index is 1430. The van der Waals surface area contributed by atoms with E-state index < -0.39 is 10.0 Å². The van der Waals surface area contributed by atoms with E-state index in [-0.39, 0.29) is 17.3 Å². The highest BCUT2D eigenvalue weighted by Crippen LogP contribution is 2.24. The lowest BCUT2D eigenvalue weighted by Crippen LogP contribution is -2.27. The average Bonchev–Trinajstić information content (AvgIpc) is 3.27. The maximum absolute atomic E-state index is 13.3. The van der Waals surface area contributed by atoms with Gasteiger partial charge in [-0.05, 0) is 24.1 Å². The Morgan fingerprint density at radius 3 is 2.29 bits per heavy atom. The maximum atomic E-state index is 13.3. The summed E-state index contributed by atoms with van der Waals surface area (Å²) in [4.78, 5) is 13.5. The number of carbonyl (C=O) groups excluding carboxylic acids is 1. The molecule has 0 bridgehead atoms. The van der Waals surface area contributed by atoms with Gasteiger partial charge in [0.1, 0.15) is 5.69 Å². The minimum absolute atomic E-state index is 0.0687. The van der Waals surface area contributed by atoms with Gasteiger partial charge in [-0.1, -0.05) is 78.4 Å². The normalized spacial score (nSPS) is 11.5. The van der Waals surface area contributed by atoms with Crippen molar-refractivity contribution in [2.24, 2.45) is 0 Å². The van der Waals surface area contributed by atoms with Crippen LogP contribution in [0, 0.1) is 6.92 Å². The Kier molecular flexibility index (Phi) is 7.14. The van der Waals surface area contributed by atoms with Crippen molar-refractivity contribution >= 4 is 15.9 Å². The van der Waals surface area contributed by atoms with Crippen LogP contribution in [0.3, 0.4) is 0 Å². The van der Waals surface area contributed by atoms with Gasteiger partial charge in [0.2, 0.25) is 10.0 Å². The SMILES string of the molecule is Cc1ccc(-c2nn(Cc3ccccc3)cc2C(=O)NCc2ccccc2S(=O)(=O)N(C)C)cc1. The molecule has 0 unspecified atom stereocenters. The zero-order valence-electron chi connectivity index (χ0n) is 20.0. The van der Waals surface area contributed by atoms with Gasteiger partial charge in [0.15, 0.2) is 0 Å². The van der Waals surface area contributed by atoms with Crippen molar-refractivity contribution in [3.8, 4) is 11.3 Å². The van der Waals surface area contributed by atoms with E-state index in [1.165, 1.54) is 14.1 Å². The first-order chi connectivity index (χ1) is 16.8. The average molecular weight is 489 g/mol. The van der Waals surface area contributed by atoms with Crippen molar-refractivity contribution in [3.05, 3.63) is 107 Å². The molecule has 1 heterocycles. The Labute approximate surface area is 206 Å². The number of nitrogens with zero attached hydrogens (tertiary/aromatic N) is 3. The number of aryl methyl sites for hydroxylation is 1. The Balaban J connectivity index is 1.64. The standard InChI is InChI=1S/C27H28N4O3S/c1-20-13-15-22(16-14-20)26-24(19-31(29-26)18-21-9-5-4-6-10-21)27(32)28-17-23-11-7-8-12-25(23)35(33,34)30(2)3/h4-16,19H,17-18H2,1-3H3,(H,28,32). The Morgan fingerprint density at radius 2 is 1.60 bits per heavy atom. The summed E-state index contributed by atoms with van der Waals surface area (Å²) in [5, 5.41) is 7.60. The second-order valence-corrected chi connectivity index (χ2v) is 10.6. The van der Waals surface area contributed by atoms with Gasteiger partial charge in [0.05, 0.1) is 17.0 Å². The molecule has 4 aromatic rings. The number of sulfonamides is 1. The van der Waals surface area contributed by atoms with Crippen LogP contribution in [0.1, 0.15) is 27.0 Å². The van der Waals surface area contributed by atoms with Gasteiger partial charge in [0, 0.05) is 32.4 Å². The Hall–Kier alpha value is -3.75. The van der Waals surface area contributed by atoms with Crippen LogP contribution in [-0.2, 0) is 23.1 Å². The molecule has 7 nitrogen and oxygen atoms in total. The molecule has 180 valence electrons. The van der Waals surface area contributed by atoms with E-state index in [9.17, 15) is 13.2 Å². The number of carbonyl (C=O) groups is 1. The second kappa shape index (κ2) is 10.2. The molecule has 0 aliphatic carbocycles. The largest absolute Gasteiger partial charge is 0.348 e. The molecule has 0 saturated carbocycles. The lowest BCUT2D eigenvalue weighted by molar-refractivity contribution is 0.0951. The van der Waals surface area contributed by atoms with Crippen molar-refractivity contribution < 1.29 is 13.2 Å². The van der Waals surface area contributed by atoms with Crippen LogP contribution < -0.4 is 5.32 Å². The second-order valence-electron chi connectivity index (χ2n) is 8.52. The molecule has 0 saturated heterocycles. The predicted octanol–water partition coefficient (Wildman–Crippen LogP) is 4.09. The maximum Gasteiger partial charge on any atom is 0.255 e. The summed E-state index contributed by atoms with van der Waals surface area (Å²) in [7, 11) is -0.669. The van der Waals surface area contributed by atoms with Gasteiger partial charge in [-0.3, -0.25) is 9.48 Å². The molecule has 8 heteroatoms. The van der Waals surface area contributed by atoms with Crippen molar-refractivity contribution in [2.45, 2.75) is 24.9 Å². The minimum atomic E-state index is -3.64. The predicted molar refractivity (Wildman–Crippen MR) is 136 cm³/mol. The third kappa shape index (κ3) is 5.50. The van der Waals surface area contributed by atoms with Crippen LogP contribution in [0.2, 0.25) is 0 Å². The molecule has 4 rings (SSSR count). The lowest BCUT2D eigenvalue weighted by Gasteiger charge is -2.15. The Morgan fingerprint density at radius 1 is 0.943 bits per heavy atom. The summed E-state index contributed by atoms with van der Waals surface area (Å²) in [5.41, 5.74) is 4.54. The molecule has 0 radical (unpaired) electrons. The molecule has 1 aromatic heterocycles. The first kappa shape index (κ1) is 24.4. The quantitative estimate of drug-likeness (QED) is 0.405. The molecular weight excluding hydrogens is 460 g/mol. The highest BCUT2D eigenvalue weighted by atomic mass is 32.2. The smallest absolute Gasteiger partial charge is 0.255 e. The number of rotatable bonds is 8. The van der Waals surface area contributed by atoms with Gasteiger partial charge < -0.3 is 5.32 Å². The fourth-order valence-electron chi connectivity index (χ4n) is 3.73. The first-order valence-electron chi connectivity index (χ1n) is 11.2. The number of hydrogen-bond acceptors (Lipinski definition) is 4. The summed E-state index contributed by atoms with van der Waals surface area (Å²) in [6.45, 7) is 2.60. The number of nitrogens with one attached hydrogen (secondary N) is 1. The third-order valence-corrected chi connectivity index (χ3v) is 7.60. The van der Waals surface area contributed by atoms with Gasteiger partial charge in [0.25, 0.3) is 5.91 Å². The van der Waals surface area contributed by atoms with Crippen LogP contribution in [-0.4, -0.2) is 42.5 Å². The van der Waals surface area contributed by atoms with Crippen LogP contribution >= 0.6 is 0 Å². The van der Waals surface area contributed by atoms with Crippen molar-refractivity contribution in [1.29, 1.82) is 0 Å². The van der Waals surface area contributed by atoms with E-state index in [2.05, 4.69) is 5.32 Å². The summed E-state index contributed by atoms with van der Waals surface area (Å²) >= 11 is 0. The molecule has 35 heavy (non-hydrogen) atoms. The monoisotopic (exact) mass is 488 g/mol. The molecule has 1 amide bonds. The summed E-state index contributed by atoms with van der Waals surface area (Å²) in [5.74, 6) is -0.322. The molecule has 0 atom stereocenters. The molecule has 0 fully saturated rings. The fraction of sp³-hybridized carbons (Fsp3) is 0.185. The number of amides is 1. The molecule has 3 aromatic carbocycles. The fourth-order valence-corrected chi connectivity index (χ4v) is 4.85. The van der Waals surface area contributed by atoms with E-state index in [0.717, 1.165) is 21.0 Å². The number of aromatic nitrogens is 2. The van der Waals surface area contributed by atoms with Crippen molar-refractivity contribution in [2.75, 3.05) is 14.1 Å². The van der Waals surface area contributed by atoms with E-state index in [4.69, 9.17) is 5.10 Å². The first-order valence-corrected chi connectivity index (χ1v) is 12.7. The van der Waals surface area contributed by atoms with E-state index >= 15 is 0 Å². The summed E-state index contributed by atoms with van der Waals surface area (Å²) in [6, 6.07) is 24.4. The van der Waals surface area contributed by atoms with Gasteiger partial charge in [-0.2, -0.15) is 5.10 Å². The van der Waals surface area contributed by atoms with Crippen LogP contribution in [0.4, 0.5) is 0 Å².